The molecule has 3 N–H and O–H groups in total. The Morgan fingerprint density at radius 1 is 1.24 bits per heavy atom. The molecule has 2 unspecified atom stereocenters. The van der Waals surface area contributed by atoms with Crippen LogP contribution in [0.1, 0.15) is 64.7 Å². The summed E-state index contributed by atoms with van der Waals surface area (Å²) in [5, 5.41) is 3.24. The summed E-state index contributed by atoms with van der Waals surface area (Å²) in [5.74, 6) is 0.925. The van der Waals surface area contributed by atoms with Crippen LogP contribution in [0.4, 0.5) is 0 Å². The molecule has 0 bridgehead atoms. The summed E-state index contributed by atoms with van der Waals surface area (Å²) in [7, 11) is 0. The van der Waals surface area contributed by atoms with E-state index in [4.69, 9.17) is 5.73 Å². The molecule has 2 atom stereocenters. The summed E-state index contributed by atoms with van der Waals surface area (Å²) in [6, 6.07) is 0.772. The molecule has 0 aromatic heterocycles. The summed E-state index contributed by atoms with van der Waals surface area (Å²) in [6.45, 7) is 5.69. The highest BCUT2D eigenvalue weighted by Crippen LogP contribution is 2.26. The molecule has 0 radical (unpaired) electrons. The number of likely N-dealkylation sites (tertiary alicyclic amines) is 1. The van der Waals surface area contributed by atoms with Crippen LogP contribution >= 0.6 is 0 Å². The molecule has 21 heavy (non-hydrogen) atoms. The Kier molecular flexibility index (Phi) is 6.97. The van der Waals surface area contributed by atoms with Gasteiger partial charge in [-0.05, 0) is 51.0 Å². The Bertz CT molecular complexity index is 313. The number of nitrogens with two attached hydrogens (primary N) is 1. The van der Waals surface area contributed by atoms with Crippen LogP contribution in [0.5, 0.6) is 0 Å². The molecular formula is C17H33N3O. The highest BCUT2D eigenvalue weighted by Gasteiger charge is 2.22. The normalized spacial score (nSPS) is 28.5. The van der Waals surface area contributed by atoms with Crippen LogP contribution in [-0.2, 0) is 4.79 Å². The molecule has 0 aromatic rings. The molecule has 4 nitrogen and oxygen atoms in total. The first-order valence-corrected chi connectivity index (χ1v) is 8.94. The van der Waals surface area contributed by atoms with Crippen LogP contribution in [0.3, 0.4) is 0 Å². The zero-order valence-corrected chi connectivity index (χ0v) is 13.7. The first-order chi connectivity index (χ1) is 10.2. The van der Waals surface area contributed by atoms with Gasteiger partial charge in [0.25, 0.3) is 0 Å². The van der Waals surface area contributed by atoms with Crippen molar-refractivity contribution in [2.75, 3.05) is 19.6 Å². The van der Waals surface area contributed by atoms with Crippen molar-refractivity contribution in [2.24, 2.45) is 11.7 Å². The van der Waals surface area contributed by atoms with E-state index in [9.17, 15) is 4.79 Å². The van der Waals surface area contributed by atoms with Crippen LogP contribution in [0.15, 0.2) is 0 Å². The van der Waals surface area contributed by atoms with E-state index < -0.39 is 0 Å². The SMILES string of the molecule is CCCN1CCC(NC(=O)CCC2CCCC(N)C2)CC1. The molecule has 2 rings (SSSR count). The molecule has 1 heterocycles. The average molecular weight is 295 g/mol. The van der Waals surface area contributed by atoms with Crippen LogP contribution < -0.4 is 11.1 Å². The van der Waals surface area contributed by atoms with E-state index in [2.05, 4.69) is 17.1 Å². The second kappa shape index (κ2) is 8.74. The highest BCUT2D eigenvalue weighted by atomic mass is 16.1. The second-order valence-corrected chi connectivity index (χ2v) is 7.01. The number of amides is 1. The van der Waals surface area contributed by atoms with E-state index in [0.29, 0.717) is 24.4 Å². The van der Waals surface area contributed by atoms with Crippen molar-refractivity contribution in [3.8, 4) is 0 Å². The molecule has 0 spiro atoms. The van der Waals surface area contributed by atoms with Crippen molar-refractivity contribution in [2.45, 2.75) is 76.8 Å². The molecule has 2 aliphatic rings. The predicted octanol–water partition coefficient (Wildman–Crippen LogP) is 2.27. The fraction of sp³-hybridized carbons (Fsp3) is 0.941. The standard InChI is InChI=1S/C17H33N3O/c1-2-10-20-11-8-16(9-12-20)19-17(21)7-6-14-4-3-5-15(18)13-14/h14-16H,2-13,18H2,1H3,(H,19,21). The first-order valence-electron chi connectivity index (χ1n) is 8.94. The van der Waals surface area contributed by atoms with Crippen molar-refractivity contribution in [1.29, 1.82) is 0 Å². The van der Waals surface area contributed by atoms with Gasteiger partial charge in [-0.1, -0.05) is 19.8 Å². The van der Waals surface area contributed by atoms with Gasteiger partial charge >= 0.3 is 0 Å². The van der Waals surface area contributed by atoms with Gasteiger partial charge in [0.15, 0.2) is 0 Å². The summed E-state index contributed by atoms with van der Waals surface area (Å²) in [6.07, 6.45) is 9.93. The number of hydrogen-bond donors (Lipinski definition) is 2. The van der Waals surface area contributed by atoms with Gasteiger partial charge in [-0.2, -0.15) is 0 Å². The van der Waals surface area contributed by atoms with E-state index >= 15 is 0 Å². The van der Waals surface area contributed by atoms with Crippen LogP contribution in [0.25, 0.3) is 0 Å². The fourth-order valence-electron chi connectivity index (χ4n) is 3.85. The number of hydrogen-bond acceptors (Lipinski definition) is 3. The molecule has 1 amide bonds. The minimum Gasteiger partial charge on any atom is -0.353 e. The highest BCUT2D eigenvalue weighted by molar-refractivity contribution is 5.76. The maximum absolute atomic E-state index is 12.1. The number of carbonyl (C=O) groups is 1. The van der Waals surface area contributed by atoms with E-state index in [1.54, 1.807) is 0 Å². The second-order valence-electron chi connectivity index (χ2n) is 7.01. The van der Waals surface area contributed by atoms with Gasteiger partial charge < -0.3 is 16.0 Å². The van der Waals surface area contributed by atoms with E-state index in [0.717, 1.165) is 38.8 Å². The molecule has 122 valence electrons. The lowest BCUT2D eigenvalue weighted by atomic mass is 9.83. The molecular weight excluding hydrogens is 262 g/mol. The third-order valence-electron chi connectivity index (χ3n) is 5.10. The van der Waals surface area contributed by atoms with Gasteiger partial charge in [0.05, 0.1) is 0 Å². The molecule has 1 saturated carbocycles. The number of nitrogens with zero attached hydrogens (tertiary/aromatic N) is 1. The Morgan fingerprint density at radius 2 is 2.00 bits per heavy atom. The van der Waals surface area contributed by atoms with E-state index in [-0.39, 0.29) is 5.91 Å². The quantitative estimate of drug-likeness (QED) is 0.790. The van der Waals surface area contributed by atoms with Gasteiger partial charge in [0, 0.05) is 31.6 Å². The summed E-state index contributed by atoms with van der Waals surface area (Å²) < 4.78 is 0. The lowest BCUT2D eigenvalue weighted by Gasteiger charge is -2.32. The lowest BCUT2D eigenvalue weighted by molar-refractivity contribution is -0.122. The molecule has 1 saturated heterocycles. The van der Waals surface area contributed by atoms with Crippen molar-refractivity contribution in [3.05, 3.63) is 0 Å². The Balaban J connectivity index is 1.59. The topological polar surface area (TPSA) is 58.4 Å². The summed E-state index contributed by atoms with van der Waals surface area (Å²) in [4.78, 5) is 14.6. The number of nitrogens with one attached hydrogen (secondary N) is 1. The molecule has 2 fully saturated rings. The molecule has 1 aliphatic carbocycles. The van der Waals surface area contributed by atoms with E-state index in [1.165, 1.54) is 32.2 Å². The van der Waals surface area contributed by atoms with Gasteiger partial charge in [-0.3, -0.25) is 4.79 Å². The van der Waals surface area contributed by atoms with Crippen molar-refractivity contribution in [3.63, 3.8) is 0 Å². The van der Waals surface area contributed by atoms with Gasteiger partial charge in [0.2, 0.25) is 5.91 Å². The first kappa shape index (κ1) is 16.8. The summed E-state index contributed by atoms with van der Waals surface area (Å²) >= 11 is 0. The Morgan fingerprint density at radius 3 is 2.67 bits per heavy atom. The third kappa shape index (κ3) is 5.95. The average Bonchev–Trinajstić information content (AvgIpc) is 2.48. The van der Waals surface area contributed by atoms with Crippen LogP contribution in [0, 0.1) is 5.92 Å². The van der Waals surface area contributed by atoms with Crippen molar-refractivity contribution >= 4 is 5.91 Å². The van der Waals surface area contributed by atoms with Crippen LogP contribution in [-0.4, -0.2) is 42.5 Å². The van der Waals surface area contributed by atoms with E-state index in [1.807, 2.05) is 0 Å². The van der Waals surface area contributed by atoms with Crippen molar-refractivity contribution < 1.29 is 4.79 Å². The predicted molar refractivity (Wildman–Crippen MR) is 87.1 cm³/mol. The number of piperidine rings is 1. The van der Waals surface area contributed by atoms with Gasteiger partial charge in [-0.25, -0.2) is 0 Å². The maximum atomic E-state index is 12.1. The molecule has 0 aromatic carbocycles. The third-order valence-corrected chi connectivity index (χ3v) is 5.10. The van der Waals surface area contributed by atoms with Crippen LogP contribution in [0.2, 0.25) is 0 Å². The Hall–Kier alpha value is -0.610. The largest absolute Gasteiger partial charge is 0.353 e. The number of carbonyl (C=O) groups excluding carboxylic acids is 1. The smallest absolute Gasteiger partial charge is 0.220 e. The maximum Gasteiger partial charge on any atom is 0.220 e. The number of rotatable bonds is 6. The van der Waals surface area contributed by atoms with Gasteiger partial charge in [0.1, 0.15) is 0 Å². The monoisotopic (exact) mass is 295 g/mol. The zero-order chi connectivity index (χ0) is 15.1. The van der Waals surface area contributed by atoms with Gasteiger partial charge in [-0.15, -0.1) is 0 Å². The molecule has 4 heteroatoms. The fourth-order valence-corrected chi connectivity index (χ4v) is 3.85. The minimum absolute atomic E-state index is 0.253. The Labute approximate surface area is 129 Å². The van der Waals surface area contributed by atoms with Crippen molar-refractivity contribution in [1.82, 2.24) is 10.2 Å². The molecule has 1 aliphatic heterocycles. The minimum atomic E-state index is 0.253. The summed E-state index contributed by atoms with van der Waals surface area (Å²) in [5.41, 5.74) is 6.01. The lowest BCUT2D eigenvalue weighted by Crippen LogP contribution is -2.44. The zero-order valence-electron chi connectivity index (χ0n) is 13.7.